The van der Waals surface area contributed by atoms with Crippen LogP contribution in [0.3, 0.4) is 0 Å². The maximum atomic E-state index is 5.21. The first-order valence-corrected chi connectivity index (χ1v) is 2.62. The Hall–Kier alpha value is -0.0400. The van der Waals surface area contributed by atoms with Crippen LogP contribution in [0.4, 0.5) is 0 Å². The molecule has 0 aromatic carbocycles. The first-order valence-electron chi connectivity index (χ1n) is 2.62. The van der Waals surface area contributed by atoms with Gasteiger partial charge < -0.3 is 5.73 Å². The Morgan fingerprint density at radius 1 is 1.50 bits per heavy atom. The van der Waals surface area contributed by atoms with Crippen LogP contribution in [-0.2, 0) is 0 Å². The molecule has 2 N–H and O–H groups in total. The van der Waals surface area contributed by atoms with Crippen LogP contribution < -0.4 is 5.73 Å². The van der Waals surface area contributed by atoms with Crippen LogP contribution >= 0.6 is 0 Å². The fourth-order valence-corrected chi connectivity index (χ4v) is 0.394. The van der Waals surface area contributed by atoms with E-state index in [1.807, 2.05) is 0 Å². The monoisotopic (exact) mass is 89.1 g/mol. The molecule has 0 fully saturated rings. The molecule has 0 radical (unpaired) electrons. The third-order valence-electron chi connectivity index (χ3n) is 0.808. The van der Waals surface area contributed by atoms with Crippen LogP contribution in [-0.4, -0.2) is 6.54 Å². The molecule has 0 spiro atoms. The SMILES string of the molecule is CCCCCN.[HH]. The molecule has 0 aromatic heterocycles. The molecule has 0 unspecified atom stereocenters. The largest absolute Gasteiger partial charge is 0.330 e. The van der Waals surface area contributed by atoms with Gasteiger partial charge in [-0.3, -0.25) is 0 Å². The third-order valence-corrected chi connectivity index (χ3v) is 0.808. The van der Waals surface area contributed by atoms with E-state index in [-0.39, 0.29) is 1.43 Å². The van der Waals surface area contributed by atoms with Crippen molar-refractivity contribution < 1.29 is 1.43 Å². The summed E-state index contributed by atoms with van der Waals surface area (Å²) in [5.74, 6) is 0. The number of hydrogen-bond acceptors (Lipinski definition) is 1. The summed E-state index contributed by atoms with van der Waals surface area (Å²) in [5, 5.41) is 0. The van der Waals surface area contributed by atoms with Crippen LogP contribution in [0.2, 0.25) is 0 Å². The van der Waals surface area contributed by atoms with Gasteiger partial charge in [0.1, 0.15) is 0 Å². The molecule has 0 bridgehead atoms. The Balaban J connectivity index is 0. The van der Waals surface area contributed by atoms with Gasteiger partial charge in [-0.1, -0.05) is 19.8 Å². The molecule has 0 aromatic rings. The predicted octanol–water partition coefficient (Wildman–Crippen LogP) is 1.38. The van der Waals surface area contributed by atoms with Crippen LogP contribution in [0.1, 0.15) is 27.6 Å². The molecule has 6 heavy (non-hydrogen) atoms. The molecular formula is C5H15N. The number of hydrogen-bond donors (Lipinski definition) is 1. The van der Waals surface area contributed by atoms with Crippen molar-refractivity contribution in [2.45, 2.75) is 26.2 Å². The zero-order valence-corrected chi connectivity index (χ0v) is 4.41. The minimum atomic E-state index is 0. The summed E-state index contributed by atoms with van der Waals surface area (Å²) < 4.78 is 0. The molecule has 0 aliphatic rings. The van der Waals surface area contributed by atoms with Crippen LogP contribution in [0, 0.1) is 0 Å². The van der Waals surface area contributed by atoms with E-state index in [4.69, 9.17) is 5.73 Å². The second kappa shape index (κ2) is 4.96. The Kier molecular flexibility index (Phi) is 4.93. The minimum Gasteiger partial charge on any atom is -0.330 e. The van der Waals surface area contributed by atoms with Crippen molar-refractivity contribution in [1.82, 2.24) is 0 Å². The Morgan fingerprint density at radius 2 is 2.17 bits per heavy atom. The van der Waals surface area contributed by atoms with Gasteiger partial charge in [-0.15, -0.1) is 0 Å². The normalized spacial score (nSPS) is 9.00. The van der Waals surface area contributed by atoms with Gasteiger partial charge in [0.05, 0.1) is 0 Å². The highest BCUT2D eigenvalue weighted by atomic mass is 14.5. The lowest BCUT2D eigenvalue weighted by atomic mass is 10.3. The third kappa shape index (κ3) is 3.96. The highest BCUT2D eigenvalue weighted by Crippen LogP contribution is 1.88. The van der Waals surface area contributed by atoms with Gasteiger partial charge in [0.2, 0.25) is 0 Å². The topological polar surface area (TPSA) is 26.0 Å². The summed E-state index contributed by atoms with van der Waals surface area (Å²) in [5.41, 5.74) is 5.21. The van der Waals surface area contributed by atoms with Crippen LogP contribution in [0.5, 0.6) is 0 Å². The van der Waals surface area contributed by atoms with Gasteiger partial charge in [-0.2, -0.15) is 0 Å². The van der Waals surface area contributed by atoms with E-state index in [9.17, 15) is 0 Å². The lowest BCUT2D eigenvalue weighted by Gasteiger charge is -1.86. The molecular weight excluding hydrogens is 74.1 g/mol. The fraction of sp³-hybridized carbons (Fsp3) is 1.00. The summed E-state index contributed by atoms with van der Waals surface area (Å²) in [6.07, 6.45) is 3.75. The Bertz CT molecular complexity index is 20.0. The zero-order chi connectivity index (χ0) is 4.83. The summed E-state index contributed by atoms with van der Waals surface area (Å²) in [6.45, 7) is 3.03. The highest BCUT2D eigenvalue weighted by molar-refractivity contribution is 4.34. The van der Waals surface area contributed by atoms with Crippen molar-refractivity contribution in [2.75, 3.05) is 6.54 Å². The Morgan fingerprint density at radius 3 is 2.33 bits per heavy atom. The molecule has 0 aliphatic carbocycles. The molecule has 0 saturated heterocycles. The van der Waals surface area contributed by atoms with Crippen molar-refractivity contribution in [3.8, 4) is 0 Å². The quantitative estimate of drug-likeness (QED) is 0.519. The van der Waals surface area contributed by atoms with E-state index < -0.39 is 0 Å². The highest BCUT2D eigenvalue weighted by Gasteiger charge is 1.75. The zero-order valence-electron chi connectivity index (χ0n) is 4.41. The second-order valence-electron chi connectivity index (χ2n) is 1.50. The van der Waals surface area contributed by atoms with Crippen molar-refractivity contribution in [3.05, 3.63) is 0 Å². The standard InChI is InChI=1S/C5H13N.H2/c1-2-3-4-5-6;/h2-6H2,1H3;1H. The van der Waals surface area contributed by atoms with Gasteiger partial charge >= 0.3 is 0 Å². The number of nitrogens with two attached hydrogens (primary N) is 1. The van der Waals surface area contributed by atoms with Gasteiger partial charge in [-0.05, 0) is 13.0 Å². The molecule has 1 heteroatoms. The summed E-state index contributed by atoms with van der Waals surface area (Å²) in [7, 11) is 0. The minimum absolute atomic E-state index is 0. The smallest absolute Gasteiger partial charge is 0 e. The van der Waals surface area contributed by atoms with E-state index >= 15 is 0 Å². The maximum Gasteiger partial charge on any atom is 0 e. The van der Waals surface area contributed by atoms with E-state index in [0.717, 1.165) is 6.54 Å². The van der Waals surface area contributed by atoms with E-state index in [0.29, 0.717) is 0 Å². The summed E-state index contributed by atoms with van der Waals surface area (Å²) >= 11 is 0. The first kappa shape index (κ1) is 5.96. The second-order valence-corrected chi connectivity index (χ2v) is 1.50. The average Bonchev–Trinajstić information content (AvgIpc) is 1.61. The number of unbranched alkanes of at least 4 members (excludes halogenated alkanes) is 2. The van der Waals surface area contributed by atoms with Crippen molar-refractivity contribution in [2.24, 2.45) is 5.73 Å². The molecule has 0 heterocycles. The molecule has 0 aliphatic heterocycles. The maximum absolute atomic E-state index is 5.21. The lowest BCUT2D eigenvalue weighted by molar-refractivity contribution is 0.727. The number of rotatable bonds is 3. The molecule has 0 amide bonds. The van der Waals surface area contributed by atoms with E-state index in [2.05, 4.69) is 6.92 Å². The van der Waals surface area contributed by atoms with E-state index in [1.54, 1.807) is 0 Å². The van der Waals surface area contributed by atoms with Gasteiger partial charge in [-0.25, -0.2) is 0 Å². The van der Waals surface area contributed by atoms with Gasteiger partial charge in [0.25, 0.3) is 0 Å². The lowest BCUT2D eigenvalue weighted by Crippen LogP contribution is -1.96. The van der Waals surface area contributed by atoms with Gasteiger partial charge in [0.15, 0.2) is 0 Å². The van der Waals surface area contributed by atoms with Crippen molar-refractivity contribution in [1.29, 1.82) is 0 Å². The Labute approximate surface area is 41.0 Å². The van der Waals surface area contributed by atoms with Crippen LogP contribution in [0.25, 0.3) is 0 Å². The molecule has 0 saturated carbocycles. The van der Waals surface area contributed by atoms with Crippen LogP contribution in [0.15, 0.2) is 0 Å². The van der Waals surface area contributed by atoms with Crippen molar-refractivity contribution >= 4 is 0 Å². The molecule has 40 valence electrons. The van der Waals surface area contributed by atoms with E-state index in [1.165, 1.54) is 19.3 Å². The molecule has 0 atom stereocenters. The molecule has 0 rings (SSSR count). The average molecular weight is 89.2 g/mol. The van der Waals surface area contributed by atoms with Gasteiger partial charge in [0, 0.05) is 1.43 Å². The first-order chi connectivity index (χ1) is 2.91. The predicted molar refractivity (Wildman–Crippen MR) is 30.7 cm³/mol. The molecule has 1 nitrogen and oxygen atoms in total. The summed E-state index contributed by atoms with van der Waals surface area (Å²) in [6, 6.07) is 0. The fourth-order valence-electron chi connectivity index (χ4n) is 0.394. The summed E-state index contributed by atoms with van der Waals surface area (Å²) in [4.78, 5) is 0. The van der Waals surface area contributed by atoms with Crippen molar-refractivity contribution in [3.63, 3.8) is 0 Å².